The zero-order valence-corrected chi connectivity index (χ0v) is 21.7. The lowest BCUT2D eigenvalue weighted by Gasteiger charge is -2.32. The second kappa shape index (κ2) is 15.2. The molecule has 0 aliphatic carbocycles. The average molecular weight is 534 g/mol. The molecule has 2 rings (SSSR count). The highest BCUT2D eigenvalue weighted by molar-refractivity contribution is 14.0. The Labute approximate surface area is 199 Å². The predicted molar refractivity (Wildman–Crippen MR) is 138 cm³/mol. The van der Waals surface area contributed by atoms with Crippen LogP contribution in [0, 0.1) is 5.92 Å². The molecule has 0 saturated carbocycles. The molecule has 0 bridgehead atoms. The number of aryl methyl sites for hydroxylation is 1. The van der Waals surface area contributed by atoms with E-state index in [0.717, 1.165) is 44.4 Å². The Bertz CT molecular complexity index is 596. The van der Waals surface area contributed by atoms with Gasteiger partial charge in [-0.3, -0.25) is 9.89 Å². The van der Waals surface area contributed by atoms with Gasteiger partial charge >= 0.3 is 0 Å². The number of halogens is 1. The Morgan fingerprint density at radius 3 is 2.76 bits per heavy atom. The van der Waals surface area contributed by atoms with Crippen LogP contribution in [0.4, 0.5) is 0 Å². The quantitative estimate of drug-likeness (QED) is 0.146. The molecule has 0 spiro atoms. The van der Waals surface area contributed by atoms with Crippen LogP contribution in [-0.4, -0.2) is 61.0 Å². The minimum Gasteiger partial charge on any atom is -0.356 e. The molecule has 0 aromatic carbocycles. The van der Waals surface area contributed by atoms with Gasteiger partial charge in [0.05, 0.1) is 10.7 Å². The minimum absolute atomic E-state index is 0. The van der Waals surface area contributed by atoms with Crippen molar-refractivity contribution in [3.05, 3.63) is 28.7 Å². The molecule has 1 N–H and O–H groups in total. The summed E-state index contributed by atoms with van der Waals surface area (Å²) in [5.74, 6) is 1.76. The van der Waals surface area contributed by atoms with Gasteiger partial charge in [0.2, 0.25) is 0 Å². The van der Waals surface area contributed by atoms with Crippen LogP contribution in [0.5, 0.6) is 0 Å². The van der Waals surface area contributed by atoms with Crippen LogP contribution in [0.25, 0.3) is 0 Å². The monoisotopic (exact) mass is 533 g/mol. The van der Waals surface area contributed by atoms with Gasteiger partial charge in [-0.2, -0.15) is 0 Å². The van der Waals surface area contributed by atoms with Gasteiger partial charge in [-0.05, 0) is 57.5 Å². The molecule has 1 aliphatic rings. The van der Waals surface area contributed by atoms with Crippen LogP contribution >= 0.6 is 35.3 Å². The molecule has 2 heterocycles. The Morgan fingerprint density at radius 1 is 1.38 bits per heavy atom. The highest BCUT2D eigenvalue weighted by Gasteiger charge is 2.20. The van der Waals surface area contributed by atoms with Gasteiger partial charge in [-0.15, -0.1) is 41.9 Å². The number of nitrogens with one attached hydrogen (secondary N) is 1. The van der Waals surface area contributed by atoms with Crippen molar-refractivity contribution in [1.82, 2.24) is 20.1 Å². The van der Waals surface area contributed by atoms with Gasteiger partial charge in [-0.1, -0.05) is 19.4 Å². The van der Waals surface area contributed by atoms with Crippen molar-refractivity contribution in [2.75, 3.05) is 40.3 Å². The Balaban J connectivity index is 0.00000420. The van der Waals surface area contributed by atoms with Gasteiger partial charge in [-0.25, -0.2) is 4.98 Å². The molecular weight excluding hydrogens is 493 g/mol. The Kier molecular flexibility index (Phi) is 13.8. The van der Waals surface area contributed by atoms with Crippen molar-refractivity contribution in [1.29, 1.82) is 0 Å². The minimum atomic E-state index is 0. The number of aliphatic imine (C=N–C) groups is 1. The number of hydrogen-bond donors (Lipinski definition) is 1. The largest absolute Gasteiger partial charge is 0.356 e. The number of aromatic nitrogens is 1. The first-order chi connectivity index (χ1) is 13.7. The lowest BCUT2D eigenvalue weighted by atomic mass is 9.97. The van der Waals surface area contributed by atoms with Crippen molar-refractivity contribution in [3.63, 3.8) is 0 Å². The predicted octanol–water partition coefficient (Wildman–Crippen LogP) is 4.79. The second-order valence-electron chi connectivity index (χ2n) is 7.79. The molecule has 1 aromatic rings. The van der Waals surface area contributed by atoms with E-state index >= 15 is 0 Å². The van der Waals surface area contributed by atoms with Crippen molar-refractivity contribution >= 4 is 41.3 Å². The number of guanidine groups is 1. The highest BCUT2D eigenvalue weighted by atomic mass is 127. The number of likely N-dealkylation sites (tertiary alicyclic amines) is 1. The summed E-state index contributed by atoms with van der Waals surface area (Å²) in [6.07, 6.45) is 10.4. The van der Waals surface area contributed by atoms with E-state index in [0.29, 0.717) is 0 Å². The fourth-order valence-electron chi connectivity index (χ4n) is 3.70. The van der Waals surface area contributed by atoms with Crippen LogP contribution in [0.2, 0.25) is 0 Å². The van der Waals surface area contributed by atoms with E-state index in [-0.39, 0.29) is 24.0 Å². The molecule has 1 aromatic heterocycles. The number of nitrogens with zero attached hydrogens (tertiary/aromatic N) is 4. The van der Waals surface area contributed by atoms with Gasteiger partial charge in [0, 0.05) is 39.1 Å². The third-order valence-electron chi connectivity index (χ3n) is 5.52. The van der Waals surface area contributed by atoms with Crippen molar-refractivity contribution in [2.45, 2.75) is 58.4 Å². The first kappa shape index (κ1) is 26.4. The van der Waals surface area contributed by atoms with E-state index in [1.165, 1.54) is 55.9 Å². The van der Waals surface area contributed by atoms with Crippen molar-refractivity contribution in [3.8, 4) is 0 Å². The fraction of sp³-hybridized carbons (Fsp3) is 0.727. The summed E-state index contributed by atoms with van der Waals surface area (Å²) in [6.45, 7) is 11.4. The van der Waals surface area contributed by atoms with Gasteiger partial charge in [0.1, 0.15) is 0 Å². The molecule has 0 unspecified atom stereocenters. The number of piperidine rings is 1. The molecule has 7 heteroatoms. The summed E-state index contributed by atoms with van der Waals surface area (Å²) in [7, 11) is 4.03. The summed E-state index contributed by atoms with van der Waals surface area (Å²) < 4.78 is 0. The normalized spacial score (nSPS) is 15.8. The maximum Gasteiger partial charge on any atom is 0.193 e. The highest BCUT2D eigenvalue weighted by Crippen LogP contribution is 2.19. The third kappa shape index (κ3) is 9.79. The topological polar surface area (TPSA) is 43.8 Å². The van der Waals surface area contributed by atoms with Gasteiger partial charge in [0.25, 0.3) is 0 Å². The number of rotatable bonds is 11. The summed E-state index contributed by atoms with van der Waals surface area (Å²) in [5, 5.41) is 7.08. The Morgan fingerprint density at radius 2 is 2.14 bits per heavy atom. The van der Waals surface area contributed by atoms with E-state index in [1.807, 2.05) is 13.1 Å². The lowest BCUT2D eigenvalue weighted by molar-refractivity contribution is 0.176. The number of allylic oxidation sites excluding steroid dienone is 1. The van der Waals surface area contributed by atoms with Crippen molar-refractivity contribution < 1.29 is 0 Å². The molecule has 1 aliphatic heterocycles. The number of thiazole rings is 1. The lowest BCUT2D eigenvalue weighted by Crippen LogP contribution is -2.43. The van der Waals surface area contributed by atoms with Crippen LogP contribution in [-0.2, 0) is 13.0 Å². The fourth-order valence-corrected chi connectivity index (χ4v) is 4.44. The molecule has 0 radical (unpaired) electrons. The van der Waals surface area contributed by atoms with E-state index < -0.39 is 0 Å². The zero-order chi connectivity index (χ0) is 20.2. The van der Waals surface area contributed by atoms with E-state index in [9.17, 15) is 0 Å². The average Bonchev–Trinajstić information content (AvgIpc) is 3.17. The maximum absolute atomic E-state index is 4.71. The summed E-state index contributed by atoms with van der Waals surface area (Å²) in [5.41, 5.74) is 1.24. The third-order valence-corrected chi connectivity index (χ3v) is 6.56. The SMILES string of the molecule is C=CCCCCCN(C)C(=NC)NCC1CCN(Cc2csc(CC)n2)CC1.I. The smallest absolute Gasteiger partial charge is 0.193 e. The molecule has 166 valence electrons. The molecule has 0 atom stereocenters. The van der Waals surface area contributed by atoms with E-state index in [1.54, 1.807) is 11.3 Å². The van der Waals surface area contributed by atoms with Crippen LogP contribution in [0.1, 0.15) is 56.2 Å². The molecule has 29 heavy (non-hydrogen) atoms. The number of hydrogen-bond acceptors (Lipinski definition) is 4. The van der Waals surface area contributed by atoms with Crippen LogP contribution < -0.4 is 5.32 Å². The second-order valence-corrected chi connectivity index (χ2v) is 8.74. The van der Waals surface area contributed by atoms with Gasteiger partial charge in [0.15, 0.2) is 5.96 Å². The van der Waals surface area contributed by atoms with E-state index in [2.05, 4.69) is 46.0 Å². The molecule has 1 saturated heterocycles. The van der Waals surface area contributed by atoms with Crippen LogP contribution in [0.3, 0.4) is 0 Å². The zero-order valence-electron chi connectivity index (χ0n) is 18.5. The standard InChI is InChI=1S/C22H39N5S.HI/c1-5-7-8-9-10-13-26(4)22(23-3)24-16-19-11-14-27(15-12-19)17-20-18-28-21(6-2)25-20;/h5,18-19H,1,6-17H2,2-4H3,(H,23,24);1H. The summed E-state index contributed by atoms with van der Waals surface area (Å²) >= 11 is 1.79. The van der Waals surface area contributed by atoms with Crippen molar-refractivity contribution in [2.24, 2.45) is 10.9 Å². The molecule has 0 amide bonds. The first-order valence-electron chi connectivity index (χ1n) is 10.8. The summed E-state index contributed by atoms with van der Waals surface area (Å²) in [6, 6.07) is 0. The molecule has 1 fully saturated rings. The number of unbranched alkanes of at least 4 members (excludes halogenated alkanes) is 3. The van der Waals surface area contributed by atoms with Gasteiger partial charge < -0.3 is 10.2 Å². The molecular formula is C22H40IN5S. The maximum atomic E-state index is 4.71. The van der Waals surface area contributed by atoms with Crippen LogP contribution in [0.15, 0.2) is 23.0 Å². The van der Waals surface area contributed by atoms with E-state index in [4.69, 9.17) is 4.98 Å². The Hall–Kier alpha value is -0.670. The first-order valence-corrected chi connectivity index (χ1v) is 11.7. The summed E-state index contributed by atoms with van der Waals surface area (Å²) in [4.78, 5) is 14.0. The molecule has 5 nitrogen and oxygen atoms in total.